The van der Waals surface area contributed by atoms with Gasteiger partial charge in [-0.1, -0.05) is 97.8 Å². The molecular weight excluding hydrogens is 731 g/mol. The van der Waals surface area contributed by atoms with Crippen LogP contribution in [0.5, 0.6) is 17.2 Å². The maximum atomic E-state index is 6.63. The van der Waals surface area contributed by atoms with E-state index in [0.29, 0.717) is 19.8 Å². The number of unbranched alkanes of at least 4 members (excludes halogenated alkanes) is 12. The van der Waals surface area contributed by atoms with E-state index in [1.54, 1.807) is 0 Å². The SMILES string of the molecule is CCCCCCCOc1cc(C2=Cc3cc4ccc(cc5ccc(cc6nc(cc2n3)C=C6)[nH]5)[nH]4)cc(OCCCCCCC)c1OCCCCCCC.c1cc[nH]c1. The van der Waals surface area contributed by atoms with E-state index in [-0.39, 0.29) is 0 Å². The molecule has 4 aromatic heterocycles. The van der Waals surface area contributed by atoms with Gasteiger partial charge in [-0.2, -0.15) is 0 Å². The zero-order chi connectivity index (χ0) is 40.9. The van der Waals surface area contributed by atoms with Crippen LogP contribution in [0.4, 0.5) is 0 Å². The molecule has 1 aromatic carbocycles. The van der Waals surface area contributed by atoms with Gasteiger partial charge in [-0.25, -0.2) is 9.97 Å². The lowest BCUT2D eigenvalue weighted by Gasteiger charge is -2.19. The third kappa shape index (κ3) is 13.8. The molecule has 2 aliphatic rings. The molecule has 5 aromatic rings. The van der Waals surface area contributed by atoms with Crippen LogP contribution < -0.4 is 14.2 Å². The quantitative estimate of drug-likeness (QED) is 0.0593. The third-order valence-corrected chi connectivity index (χ3v) is 10.5. The summed E-state index contributed by atoms with van der Waals surface area (Å²) in [6.45, 7) is 8.67. The van der Waals surface area contributed by atoms with Crippen molar-refractivity contribution in [2.24, 2.45) is 0 Å². The average molecular weight is 796 g/mol. The van der Waals surface area contributed by atoms with Gasteiger partial charge < -0.3 is 29.2 Å². The summed E-state index contributed by atoms with van der Waals surface area (Å²) >= 11 is 0. The van der Waals surface area contributed by atoms with Gasteiger partial charge in [0.05, 0.1) is 42.6 Å². The predicted molar refractivity (Wildman–Crippen MR) is 247 cm³/mol. The van der Waals surface area contributed by atoms with Crippen LogP contribution in [0, 0.1) is 0 Å². The smallest absolute Gasteiger partial charge is 0.203 e. The van der Waals surface area contributed by atoms with Gasteiger partial charge in [-0.15, -0.1) is 0 Å². The van der Waals surface area contributed by atoms with Gasteiger partial charge in [0.1, 0.15) is 0 Å². The average Bonchev–Trinajstić information content (AvgIpc) is 4.11. The summed E-state index contributed by atoms with van der Waals surface area (Å²) in [6.07, 6.45) is 27.6. The number of aromatic nitrogens is 5. The van der Waals surface area contributed by atoms with Crippen LogP contribution in [-0.2, 0) is 0 Å². The second kappa shape index (κ2) is 23.8. The van der Waals surface area contributed by atoms with E-state index in [2.05, 4.69) is 109 Å². The molecule has 8 heteroatoms. The van der Waals surface area contributed by atoms with E-state index in [0.717, 1.165) is 112 Å². The molecule has 7 rings (SSSR count). The highest BCUT2D eigenvalue weighted by Gasteiger charge is 2.21. The lowest BCUT2D eigenvalue weighted by molar-refractivity contribution is 0.234. The van der Waals surface area contributed by atoms with Crippen molar-refractivity contribution in [3.05, 3.63) is 114 Å². The molecule has 0 fully saturated rings. The van der Waals surface area contributed by atoms with Crippen LogP contribution in [0.1, 0.15) is 145 Å². The number of fused-ring (bicyclic) bond motifs is 8. The molecule has 0 saturated heterocycles. The van der Waals surface area contributed by atoms with E-state index in [1.807, 2.05) is 30.6 Å². The Kier molecular flexibility index (Phi) is 17.4. The molecule has 0 unspecified atom stereocenters. The van der Waals surface area contributed by atoms with E-state index >= 15 is 0 Å². The van der Waals surface area contributed by atoms with E-state index in [1.165, 1.54) is 57.8 Å². The van der Waals surface area contributed by atoms with Crippen LogP contribution in [0.2, 0.25) is 0 Å². The molecular formula is C51H65N5O3. The first-order valence-electron chi connectivity index (χ1n) is 22.3. The Bertz CT molecular complexity index is 2170. The normalized spacial score (nSPS) is 11.9. The molecule has 312 valence electrons. The van der Waals surface area contributed by atoms with Crippen molar-refractivity contribution >= 4 is 45.9 Å². The number of nitrogens with zero attached hydrogens (tertiary/aromatic N) is 2. The molecule has 59 heavy (non-hydrogen) atoms. The van der Waals surface area contributed by atoms with Gasteiger partial charge in [0.25, 0.3) is 0 Å². The lowest BCUT2D eigenvalue weighted by atomic mass is 10.0. The standard InChI is InChI=1S/C47H60N4O3.C4H5N/c1-4-7-10-13-16-25-52-45-28-35(29-46(53-26-17-14-11-8-5-2)47(45)54-27-18-15-12-9-6-3)43-33-42-32-40-22-21-38(49-40)30-36-19-20-37(48-36)31-39-23-24-41(50-39)34-44(43)51-42;1-2-4-5-3-1/h19-24,28-34,48-49H,4-18,25-27H2,1-3H3;1-5H. The summed E-state index contributed by atoms with van der Waals surface area (Å²) in [4.78, 5) is 20.0. The fraction of sp³-hybridized carbons (Fsp3) is 0.412. The highest BCUT2D eigenvalue weighted by Crippen LogP contribution is 2.43. The van der Waals surface area contributed by atoms with Crippen LogP contribution in [0.15, 0.2) is 85.2 Å². The number of ether oxygens (including phenoxy) is 3. The van der Waals surface area contributed by atoms with Crippen molar-refractivity contribution in [1.82, 2.24) is 24.9 Å². The van der Waals surface area contributed by atoms with Gasteiger partial charge in [0, 0.05) is 40.0 Å². The minimum atomic E-state index is 0.638. The first kappa shape index (κ1) is 43.1. The second-order valence-corrected chi connectivity index (χ2v) is 15.6. The molecule has 0 amide bonds. The van der Waals surface area contributed by atoms with E-state index in [9.17, 15) is 0 Å². The van der Waals surface area contributed by atoms with Crippen LogP contribution in [0.25, 0.3) is 45.9 Å². The third-order valence-electron chi connectivity index (χ3n) is 10.5. The number of aromatic amines is 3. The van der Waals surface area contributed by atoms with Gasteiger partial charge in [0.15, 0.2) is 11.5 Å². The molecule has 8 nitrogen and oxygen atoms in total. The van der Waals surface area contributed by atoms with Crippen molar-refractivity contribution in [2.45, 2.75) is 117 Å². The number of benzene rings is 1. The summed E-state index contributed by atoms with van der Waals surface area (Å²) in [6, 6.07) is 24.9. The fourth-order valence-electron chi connectivity index (χ4n) is 7.27. The van der Waals surface area contributed by atoms with Gasteiger partial charge in [0.2, 0.25) is 5.75 Å². The summed E-state index contributed by atoms with van der Waals surface area (Å²) in [5.74, 6) is 2.21. The molecule has 0 atom stereocenters. The Morgan fingerprint density at radius 3 is 1.46 bits per heavy atom. The first-order chi connectivity index (χ1) is 29.1. The highest BCUT2D eigenvalue weighted by atomic mass is 16.5. The number of H-pyrrole nitrogens is 3. The second-order valence-electron chi connectivity index (χ2n) is 15.6. The summed E-state index contributed by atoms with van der Waals surface area (Å²) < 4.78 is 19.8. The Hall–Kier alpha value is -5.50. The molecule has 0 spiro atoms. The van der Waals surface area contributed by atoms with Crippen molar-refractivity contribution in [1.29, 1.82) is 0 Å². The van der Waals surface area contributed by atoms with Crippen molar-refractivity contribution in [3.8, 4) is 17.2 Å². The monoisotopic (exact) mass is 796 g/mol. The van der Waals surface area contributed by atoms with Crippen molar-refractivity contribution in [2.75, 3.05) is 19.8 Å². The molecule has 8 bridgehead atoms. The Balaban J connectivity index is 0.00000109. The molecule has 0 saturated carbocycles. The molecule has 2 aliphatic heterocycles. The molecule has 3 N–H and O–H groups in total. The van der Waals surface area contributed by atoms with Crippen molar-refractivity contribution in [3.63, 3.8) is 0 Å². The summed E-state index contributed by atoms with van der Waals surface area (Å²) in [7, 11) is 0. The van der Waals surface area contributed by atoms with Gasteiger partial charge in [-0.3, -0.25) is 0 Å². The first-order valence-corrected chi connectivity index (χ1v) is 22.3. The summed E-state index contributed by atoms with van der Waals surface area (Å²) in [5, 5.41) is 0. The van der Waals surface area contributed by atoms with Crippen LogP contribution in [0.3, 0.4) is 0 Å². The summed E-state index contributed by atoms with van der Waals surface area (Å²) in [5.41, 5.74) is 9.47. The number of hydrogen-bond donors (Lipinski definition) is 3. The zero-order valence-electron chi connectivity index (χ0n) is 35.7. The number of nitrogens with one attached hydrogen (secondary N) is 3. The van der Waals surface area contributed by atoms with E-state index in [4.69, 9.17) is 24.2 Å². The zero-order valence-corrected chi connectivity index (χ0v) is 35.7. The predicted octanol–water partition coefficient (Wildman–Crippen LogP) is 14.1. The number of rotatable bonds is 22. The Labute approximate surface area is 351 Å². The number of hydrogen-bond acceptors (Lipinski definition) is 5. The molecule has 6 heterocycles. The van der Waals surface area contributed by atoms with Gasteiger partial charge in [-0.05, 0) is 116 Å². The largest absolute Gasteiger partial charge is 0.490 e. The lowest BCUT2D eigenvalue weighted by Crippen LogP contribution is -2.07. The topological polar surface area (TPSA) is 101 Å². The maximum Gasteiger partial charge on any atom is 0.203 e. The molecule has 0 aliphatic carbocycles. The minimum absolute atomic E-state index is 0.638. The highest BCUT2D eigenvalue weighted by molar-refractivity contribution is 5.94. The molecule has 0 radical (unpaired) electrons. The van der Waals surface area contributed by atoms with Crippen LogP contribution in [-0.4, -0.2) is 44.7 Å². The van der Waals surface area contributed by atoms with Crippen molar-refractivity contribution < 1.29 is 14.2 Å². The Morgan fingerprint density at radius 1 is 0.475 bits per heavy atom. The van der Waals surface area contributed by atoms with E-state index < -0.39 is 0 Å². The fourth-order valence-corrected chi connectivity index (χ4v) is 7.27. The Morgan fingerprint density at radius 2 is 0.949 bits per heavy atom. The maximum absolute atomic E-state index is 6.63. The van der Waals surface area contributed by atoms with Gasteiger partial charge >= 0.3 is 0 Å². The van der Waals surface area contributed by atoms with Crippen LogP contribution >= 0.6 is 0 Å². The minimum Gasteiger partial charge on any atom is -0.490 e.